The lowest BCUT2D eigenvalue weighted by Crippen LogP contribution is -2.58. The molecule has 1 fully saturated rings. The lowest BCUT2D eigenvalue weighted by atomic mass is 10.4. The average molecular weight is 217 g/mol. The number of nitrogens with zero attached hydrogens (tertiary/aromatic N) is 2. The Labute approximate surface area is 87.5 Å². The molecule has 3 nitrogen and oxygen atoms in total. The minimum Gasteiger partial charge on any atom is -0.314 e. The summed E-state index contributed by atoms with van der Waals surface area (Å²) in [5.41, 5.74) is 0. The van der Waals surface area contributed by atoms with E-state index in [2.05, 4.69) is 31.5 Å². The van der Waals surface area contributed by atoms with Crippen LogP contribution in [0.5, 0.6) is 0 Å². The van der Waals surface area contributed by atoms with Gasteiger partial charge in [0.05, 0.1) is 34.2 Å². The summed E-state index contributed by atoms with van der Waals surface area (Å²) in [5.74, 6) is 0. The fraction of sp³-hybridized carbons (Fsp3) is 1.00. The summed E-state index contributed by atoms with van der Waals surface area (Å²) in [4.78, 5) is 0. The summed E-state index contributed by atoms with van der Waals surface area (Å²) in [6.45, 7) is 4.61. The zero-order valence-corrected chi connectivity index (χ0v) is 9.67. The van der Waals surface area contributed by atoms with Crippen LogP contribution in [0.3, 0.4) is 0 Å². The highest BCUT2D eigenvalue weighted by atomic mass is 35.5. The highest BCUT2D eigenvalue weighted by molar-refractivity contribution is 5.85. The van der Waals surface area contributed by atoms with E-state index in [1.807, 2.05) is 0 Å². The number of halogens is 2. The molecule has 0 spiro atoms. The molecule has 0 atom stereocenters. The number of rotatable bonds is 1. The summed E-state index contributed by atoms with van der Waals surface area (Å²) < 4.78 is 0.960. The van der Waals surface area contributed by atoms with Crippen molar-refractivity contribution in [2.45, 2.75) is 0 Å². The van der Waals surface area contributed by atoms with Crippen molar-refractivity contribution < 1.29 is 4.59 Å². The van der Waals surface area contributed by atoms with Gasteiger partial charge in [-0.2, -0.15) is 5.01 Å². The van der Waals surface area contributed by atoms with Crippen LogP contribution in [-0.4, -0.2) is 56.9 Å². The molecule has 0 amide bonds. The largest absolute Gasteiger partial charge is 0.314 e. The molecule has 0 aromatic heterocycles. The van der Waals surface area contributed by atoms with Crippen molar-refractivity contribution >= 4 is 24.8 Å². The van der Waals surface area contributed by atoms with Crippen LogP contribution in [0.15, 0.2) is 0 Å². The SMILES string of the molecule is C[N+](C)(C)N1CCNCC1.Cl.Cl. The Balaban J connectivity index is 0. The van der Waals surface area contributed by atoms with Crippen molar-refractivity contribution in [3.05, 3.63) is 0 Å². The van der Waals surface area contributed by atoms with Gasteiger partial charge in [0.15, 0.2) is 0 Å². The summed E-state index contributed by atoms with van der Waals surface area (Å²) in [5, 5.41) is 5.79. The molecule has 76 valence electrons. The summed E-state index contributed by atoms with van der Waals surface area (Å²) in [7, 11) is 6.64. The summed E-state index contributed by atoms with van der Waals surface area (Å²) in [6.07, 6.45) is 0. The van der Waals surface area contributed by atoms with Gasteiger partial charge in [0.1, 0.15) is 0 Å². The van der Waals surface area contributed by atoms with Crippen LogP contribution in [-0.2, 0) is 0 Å². The number of hydrogen-bond donors (Lipinski definition) is 1. The zero-order valence-electron chi connectivity index (χ0n) is 8.04. The van der Waals surface area contributed by atoms with Crippen LogP contribution in [0.1, 0.15) is 0 Å². The second kappa shape index (κ2) is 6.00. The average Bonchev–Trinajstić information content (AvgIpc) is 1.88. The van der Waals surface area contributed by atoms with Crippen LogP contribution >= 0.6 is 24.8 Å². The lowest BCUT2D eigenvalue weighted by molar-refractivity contribution is -0.987. The predicted molar refractivity (Wildman–Crippen MR) is 57.0 cm³/mol. The fourth-order valence-corrected chi connectivity index (χ4v) is 1.25. The van der Waals surface area contributed by atoms with Crippen LogP contribution in [0.4, 0.5) is 0 Å². The molecule has 0 unspecified atom stereocenters. The first-order valence-electron chi connectivity index (χ1n) is 3.88. The maximum atomic E-state index is 3.34. The quantitative estimate of drug-likeness (QED) is 0.638. The highest BCUT2D eigenvalue weighted by Gasteiger charge is 2.21. The van der Waals surface area contributed by atoms with E-state index < -0.39 is 0 Å². The summed E-state index contributed by atoms with van der Waals surface area (Å²) in [6, 6.07) is 0. The normalized spacial score (nSPS) is 19.2. The van der Waals surface area contributed by atoms with Gasteiger partial charge in [-0.15, -0.1) is 24.8 Å². The van der Waals surface area contributed by atoms with E-state index in [4.69, 9.17) is 0 Å². The van der Waals surface area contributed by atoms with Crippen LogP contribution in [0, 0.1) is 0 Å². The van der Waals surface area contributed by atoms with E-state index in [1.165, 1.54) is 13.1 Å². The molecule has 0 aromatic rings. The van der Waals surface area contributed by atoms with Crippen molar-refractivity contribution in [1.29, 1.82) is 0 Å². The van der Waals surface area contributed by atoms with E-state index >= 15 is 0 Å². The van der Waals surface area contributed by atoms with Gasteiger partial charge in [0, 0.05) is 13.1 Å². The van der Waals surface area contributed by atoms with Crippen molar-refractivity contribution in [2.24, 2.45) is 0 Å². The highest BCUT2D eigenvalue weighted by Crippen LogP contribution is 2.01. The Morgan fingerprint density at radius 1 is 1.00 bits per heavy atom. The van der Waals surface area contributed by atoms with Gasteiger partial charge in [-0.1, -0.05) is 0 Å². The van der Waals surface area contributed by atoms with Gasteiger partial charge in [0.2, 0.25) is 0 Å². The first kappa shape index (κ1) is 15.0. The molecule has 0 saturated carbocycles. The van der Waals surface area contributed by atoms with Gasteiger partial charge in [-0.25, -0.2) is 0 Å². The van der Waals surface area contributed by atoms with Crippen LogP contribution in [0.25, 0.3) is 0 Å². The molecule has 0 aromatic carbocycles. The number of hydrogen-bond acceptors (Lipinski definition) is 2. The standard InChI is InChI=1S/C7H18N3.2ClH/c1-10(2,3)9-6-4-8-5-7-9;;/h8H,4-7H2,1-3H3;2*1H/q+1;;. The molecule has 1 rings (SSSR count). The lowest BCUT2D eigenvalue weighted by Gasteiger charge is -2.38. The van der Waals surface area contributed by atoms with Crippen molar-refractivity contribution in [3.63, 3.8) is 0 Å². The minimum atomic E-state index is 0. The molecule has 1 aliphatic rings. The predicted octanol–water partition coefficient (Wildman–Crippen LogP) is 0.356. The number of nitrogens with one attached hydrogen (secondary N) is 1. The Morgan fingerprint density at radius 3 is 1.67 bits per heavy atom. The molecule has 1 saturated heterocycles. The van der Waals surface area contributed by atoms with Gasteiger partial charge in [-0.05, 0) is 0 Å². The third-order valence-corrected chi connectivity index (χ3v) is 1.94. The molecule has 0 aliphatic carbocycles. The molecular formula is C7H20Cl2N3+. The van der Waals surface area contributed by atoms with E-state index in [9.17, 15) is 0 Å². The Morgan fingerprint density at radius 2 is 1.42 bits per heavy atom. The third kappa shape index (κ3) is 4.48. The van der Waals surface area contributed by atoms with Gasteiger partial charge in [-0.3, -0.25) is 4.59 Å². The van der Waals surface area contributed by atoms with E-state index in [0.717, 1.165) is 17.7 Å². The van der Waals surface area contributed by atoms with E-state index in [-0.39, 0.29) is 24.8 Å². The molecule has 1 N–H and O–H groups in total. The van der Waals surface area contributed by atoms with Gasteiger partial charge < -0.3 is 5.32 Å². The molecule has 1 heterocycles. The Kier molecular flexibility index (Phi) is 7.47. The maximum absolute atomic E-state index is 3.34. The summed E-state index contributed by atoms with van der Waals surface area (Å²) >= 11 is 0. The van der Waals surface area contributed by atoms with Crippen molar-refractivity contribution in [1.82, 2.24) is 10.3 Å². The van der Waals surface area contributed by atoms with E-state index in [1.54, 1.807) is 0 Å². The topological polar surface area (TPSA) is 15.3 Å². The van der Waals surface area contributed by atoms with E-state index in [0.29, 0.717) is 0 Å². The minimum absolute atomic E-state index is 0. The fourth-order valence-electron chi connectivity index (χ4n) is 1.25. The molecule has 0 bridgehead atoms. The van der Waals surface area contributed by atoms with Crippen LogP contribution < -0.4 is 5.32 Å². The third-order valence-electron chi connectivity index (χ3n) is 1.94. The first-order valence-corrected chi connectivity index (χ1v) is 3.88. The first-order chi connectivity index (χ1) is 4.61. The molecule has 5 heteroatoms. The monoisotopic (exact) mass is 216 g/mol. The van der Waals surface area contributed by atoms with Gasteiger partial charge >= 0.3 is 0 Å². The smallest absolute Gasteiger partial charge is 0.0855 e. The second-order valence-corrected chi connectivity index (χ2v) is 3.65. The zero-order chi connectivity index (χ0) is 7.61. The second-order valence-electron chi connectivity index (χ2n) is 3.65. The van der Waals surface area contributed by atoms with Crippen molar-refractivity contribution in [2.75, 3.05) is 47.3 Å². The number of piperazine rings is 1. The Bertz CT molecular complexity index is 108. The van der Waals surface area contributed by atoms with Gasteiger partial charge in [0.25, 0.3) is 0 Å². The van der Waals surface area contributed by atoms with Crippen LogP contribution in [0.2, 0.25) is 0 Å². The maximum Gasteiger partial charge on any atom is 0.0855 e. The molecule has 1 aliphatic heterocycles. The molecule has 12 heavy (non-hydrogen) atoms. The number of quaternary nitrogens is 1. The molecular weight excluding hydrogens is 197 g/mol. The Hall–Kier alpha value is 0.460. The molecule has 0 radical (unpaired) electrons. The van der Waals surface area contributed by atoms with Crippen molar-refractivity contribution in [3.8, 4) is 0 Å².